The fraction of sp³-hybridized carbons (Fsp3) is 0.567. The average molecular weight is 1100 g/mol. The summed E-state index contributed by atoms with van der Waals surface area (Å²) in [4.78, 5) is 27.2. The van der Waals surface area contributed by atoms with Crippen molar-refractivity contribution in [3.05, 3.63) is 71.8 Å². The van der Waals surface area contributed by atoms with Gasteiger partial charge >= 0.3 is 0 Å². The molecular weight excluding hydrogens is 1020 g/mol. The van der Waals surface area contributed by atoms with Crippen molar-refractivity contribution in [3.8, 4) is 34.5 Å². The maximum atomic E-state index is 13.6. The number of hydrogen-bond acceptors (Lipinski definition) is 18. The minimum Gasteiger partial charge on any atom is -0.490 e. The molecular formula is C60H86N12O8. The molecule has 2 saturated carbocycles. The van der Waals surface area contributed by atoms with Crippen LogP contribution in [0.3, 0.4) is 0 Å². The van der Waals surface area contributed by atoms with Gasteiger partial charge in [0.15, 0.2) is 34.6 Å². The molecule has 3 aromatic heterocycles. The number of anilines is 6. The van der Waals surface area contributed by atoms with Crippen LogP contribution in [-0.4, -0.2) is 106 Å². The molecule has 20 heteroatoms. The number of unbranched alkanes of at least 4 members (excludes halogenated alkanes) is 6. The molecule has 0 unspecified atom stereocenters. The van der Waals surface area contributed by atoms with E-state index in [2.05, 4.69) is 104 Å². The van der Waals surface area contributed by atoms with E-state index in [1.165, 1.54) is 0 Å². The molecule has 4 atom stereocenters. The minimum atomic E-state index is -0.351. The van der Waals surface area contributed by atoms with Crippen molar-refractivity contribution in [2.75, 3.05) is 71.5 Å². The molecule has 2 fully saturated rings. The number of rotatable bonds is 36. The fourth-order valence-electron chi connectivity index (χ4n) is 9.21. The van der Waals surface area contributed by atoms with Crippen LogP contribution in [0.2, 0.25) is 0 Å². The van der Waals surface area contributed by atoms with E-state index in [1.807, 2.05) is 24.3 Å². The minimum absolute atomic E-state index is 0.179. The van der Waals surface area contributed by atoms with Crippen LogP contribution in [0.5, 0.6) is 34.5 Å². The lowest BCUT2D eigenvalue weighted by Gasteiger charge is -2.18. The van der Waals surface area contributed by atoms with E-state index in [0.29, 0.717) is 109 Å². The lowest BCUT2D eigenvalue weighted by atomic mass is 10.1. The molecule has 2 aliphatic carbocycles. The highest BCUT2D eigenvalue weighted by Gasteiger charge is 2.28. The summed E-state index contributed by atoms with van der Waals surface area (Å²) in [5.41, 5.74) is 0.760. The Labute approximate surface area is 472 Å². The van der Waals surface area contributed by atoms with Crippen LogP contribution < -0.4 is 60.3 Å². The molecule has 3 heterocycles. The number of hydrogen-bond donors (Lipinski definition) is 6. The molecule has 0 saturated heterocycles. The summed E-state index contributed by atoms with van der Waals surface area (Å²) >= 11 is 0. The van der Waals surface area contributed by atoms with Crippen LogP contribution in [-0.2, 0) is 0 Å². The molecule has 6 N–H and O–H groups in total. The predicted molar refractivity (Wildman–Crippen MR) is 315 cm³/mol. The first-order valence-electron chi connectivity index (χ1n) is 29.5. The maximum Gasteiger partial charge on any atom is 0.257 e. The van der Waals surface area contributed by atoms with E-state index < -0.39 is 0 Å². The predicted octanol–water partition coefficient (Wildman–Crippen LogP) is 12.5. The molecule has 20 nitrogen and oxygen atoms in total. The summed E-state index contributed by atoms with van der Waals surface area (Å²) in [5, 5.41) is 46.3. The van der Waals surface area contributed by atoms with Gasteiger partial charge in [0, 0.05) is 35.3 Å². The second-order valence-corrected chi connectivity index (χ2v) is 20.6. The second-order valence-electron chi connectivity index (χ2n) is 20.6. The smallest absolute Gasteiger partial charge is 0.257 e. The Kier molecular flexibility index (Phi) is 24.6. The Balaban J connectivity index is 0.845. The summed E-state index contributed by atoms with van der Waals surface area (Å²) in [6, 6.07) is 18.7. The van der Waals surface area contributed by atoms with Crippen LogP contribution in [0.15, 0.2) is 60.7 Å². The monoisotopic (exact) mass is 1100 g/mol. The molecule has 5 aromatic rings. The number of aromatic nitrogens is 6. The van der Waals surface area contributed by atoms with Gasteiger partial charge in [0.05, 0.1) is 39.6 Å². The van der Waals surface area contributed by atoms with E-state index in [0.717, 1.165) is 127 Å². The Morgan fingerprint density at radius 3 is 0.850 bits per heavy atom. The summed E-state index contributed by atoms with van der Waals surface area (Å²) in [6.45, 7) is 15.7. The van der Waals surface area contributed by atoms with Crippen LogP contribution in [0.4, 0.5) is 34.9 Å². The standard InChI is InChI=1S/C60H86N12O8/c1-7-13-29-75-47-35-41(36-48(76-30-14-8-2)57(47)79-33-17-11-5)59(73)65-55-27-25-53(69-71-55)63-45-21-19-43(39-45)61-51-23-24-52(68-67-51)62-44-20-22-46(40-44)64-54-26-28-56(72-70-54)66-60(74)42-37-49(77-31-15-9-3)58(80-34-18-12-6)50(38-42)78-32-16-10-4/h23-28,35-38,43-46H,7-22,29-34,39-40H2,1-6H3,(H,61,67)(H,62,68)(H,63,69)(H,64,70)(H,65,71,73)(H,66,72,74)/t43-,44-,45+,46+/m0/s1. The van der Waals surface area contributed by atoms with Gasteiger partial charge in [0.2, 0.25) is 11.5 Å². The van der Waals surface area contributed by atoms with Crippen molar-refractivity contribution in [3.63, 3.8) is 0 Å². The van der Waals surface area contributed by atoms with E-state index in [-0.39, 0.29) is 36.0 Å². The molecule has 0 bridgehead atoms. The average Bonchev–Trinajstić information content (AvgIpc) is 4.13. The van der Waals surface area contributed by atoms with Gasteiger partial charge in [0.1, 0.15) is 23.3 Å². The highest BCUT2D eigenvalue weighted by Crippen LogP contribution is 2.41. The zero-order valence-electron chi connectivity index (χ0n) is 48.0. The largest absolute Gasteiger partial charge is 0.490 e. The van der Waals surface area contributed by atoms with E-state index in [9.17, 15) is 9.59 Å². The quantitative estimate of drug-likeness (QED) is 0.0204. The van der Waals surface area contributed by atoms with Crippen molar-refractivity contribution in [1.29, 1.82) is 0 Å². The third kappa shape index (κ3) is 18.9. The maximum absolute atomic E-state index is 13.6. The van der Waals surface area contributed by atoms with Crippen LogP contribution in [0.1, 0.15) is 178 Å². The van der Waals surface area contributed by atoms with E-state index >= 15 is 0 Å². The third-order valence-corrected chi connectivity index (χ3v) is 13.8. The molecule has 80 heavy (non-hydrogen) atoms. The van der Waals surface area contributed by atoms with Crippen molar-refractivity contribution in [1.82, 2.24) is 30.6 Å². The lowest BCUT2D eigenvalue weighted by Crippen LogP contribution is -2.23. The first-order chi connectivity index (χ1) is 39.2. The first kappa shape index (κ1) is 60.3. The van der Waals surface area contributed by atoms with Crippen LogP contribution in [0, 0.1) is 0 Å². The summed E-state index contributed by atoms with van der Waals surface area (Å²) < 4.78 is 36.9. The Bertz CT molecular complexity index is 2400. The number of carbonyl (C=O) groups is 2. The van der Waals surface area contributed by atoms with Gasteiger partial charge in [-0.2, -0.15) is 0 Å². The summed E-state index contributed by atoms with van der Waals surface area (Å²) in [6.07, 6.45) is 16.7. The molecule has 0 spiro atoms. The Hall–Kier alpha value is -7.38. The number of ether oxygens (including phenoxy) is 6. The van der Waals surface area contributed by atoms with Crippen molar-refractivity contribution in [2.24, 2.45) is 0 Å². The zero-order chi connectivity index (χ0) is 56.3. The highest BCUT2D eigenvalue weighted by atomic mass is 16.5. The Morgan fingerprint density at radius 2 is 0.613 bits per heavy atom. The highest BCUT2D eigenvalue weighted by molar-refractivity contribution is 6.05. The van der Waals surface area contributed by atoms with E-state index in [4.69, 9.17) is 28.4 Å². The van der Waals surface area contributed by atoms with Crippen molar-refractivity contribution >= 4 is 46.7 Å². The zero-order valence-corrected chi connectivity index (χ0v) is 48.0. The number of nitrogens with zero attached hydrogens (tertiary/aromatic N) is 6. The van der Waals surface area contributed by atoms with Gasteiger partial charge in [-0.25, -0.2) is 0 Å². The van der Waals surface area contributed by atoms with Crippen LogP contribution in [0.25, 0.3) is 0 Å². The normalized spacial score (nSPS) is 16.6. The third-order valence-electron chi connectivity index (χ3n) is 13.8. The number of carbonyl (C=O) groups excluding carboxylic acids is 2. The van der Waals surface area contributed by atoms with Gasteiger partial charge in [0.25, 0.3) is 11.8 Å². The number of amides is 2. The van der Waals surface area contributed by atoms with Gasteiger partial charge in [-0.15, -0.1) is 30.6 Å². The SMILES string of the molecule is CCCCOc1cc(C(=O)Nc2ccc(N[C@@H]3CC[C@H](Nc4ccc(N[C@H]5CC[C@@H](Nc6ccc(NC(=O)c7cc(OCCCC)c(OCCCC)c(OCCCC)c7)nn6)C5)nn4)C3)nn2)cc(OCCCC)c1OCCCC. The number of nitrogens with one attached hydrogen (secondary N) is 6. The van der Waals surface area contributed by atoms with Gasteiger partial charge < -0.3 is 60.3 Å². The number of benzene rings is 2. The summed E-state index contributed by atoms with van der Waals surface area (Å²) in [5.74, 6) is 5.70. The van der Waals surface area contributed by atoms with Crippen molar-refractivity contribution in [2.45, 2.75) is 181 Å². The molecule has 2 aliphatic rings. The van der Waals surface area contributed by atoms with Crippen LogP contribution >= 0.6 is 0 Å². The van der Waals surface area contributed by atoms with Gasteiger partial charge in [-0.1, -0.05) is 80.1 Å². The summed E-state index contributed by atoms with van der Waals surface area (Å²) in [7, 11) is 0. The topological polar surface area (TPSA) is 239 Å². The Morgan fingerprint density at radius 1 is 0.375 bits per heavy atom. The molecule has 2 amide bonds. The second kappa shape index (κ2) is 32.6. The van der Waals surface area contributed by atoms with Crippen molar-refractivity contribution < 1.29 is 38.0 Å². The fourth-order valence-corrected chi connectivity index (χ4v) is 9.21. The van der Waals surface area contributed by atoms with Gasteiger partial charge in [-0.3, -0.25) is 9.59 Å². The lowest BCUT2D eigenvalue weighted by molar-refractivity contribution is 0.101. The molecule has 0 radical (unpaired) electrons. The van der Waals surface area contributed by atoms with Gasteiger partial charge in [-0.05, 0) is 138 Å². The molecule has 434 valence electrons. The molecule has 2 aromatic carbocycles. The van der Waals surface area contributed by atoms with E-state index in [1.54, 1.807) is 36.4 Å². The molecule has 7 rings (SSSR count). The first-order valence-corrected chi connectivity index (χ1v) is 29.5. The molecule has 0 aliphatic heterocycles.